The molecule has 7 heteroatoms. The molecule has 0 unspecified atom stereocenters. The van der Waals surface area contributed by atoms with Crippen molar-refractivity contribution in [3.63, 3.8) is 0 Å². The SMILES string of the molecule is CC(C)(O)Cn1nnc(CN)c1C(F)F. The first-order valence-corrected chi connectivity index (χ1v) is 4.48. The van der Waals surface area contributed by atoms with E-state index in [1.807, 2.05) is 0 Å². The van der Waals surface area contributed by atoms with Gasteiger partial charge in [-0.2, -0.15) is 0 Å². The summed E-state index contributed by atoms with van der Waals surface area (Å²) in [6.45, 7) is 2.88. The molecule has 0 atom stereocenters. The van der Waals surface area contributed by atoms with Gasteiger partial charge in [-0.05, 0) is 13.8 Å². The van der Waals surface area contributed by atoms with Crippen LogP contribution in [0.1, 0.15) is 31.7 Å². The van der Waals surface area contributed by atoms with E-state index in [-0.39, 0.29) is 24.5 Å². The van der Waals surface area contributed by atoms with Crippen LogP contribution in [0.5, 0.6) is 0 Å². The number of nitrogens with zero attached hydrogens (tertiary/aromatic N) is 3. The van der Waals surface area contributed by atoms with E-state index in [0.717, 1.165) is 4.68 Å². The van der Waals surface area contributed by atoms with Crippen molar-refractivity contribution in [3.05, 3.63) is 11.4 Å². The molecular weight excluding hydrogens is 206 g/mol. The van der Waals surface area contributed by atoms with Crippen LogP contribution in [0.25, 0.3) is 0 Å². The normalized spacial score (nSPS) is 12.5. The van der Waals surface area contributed by atoms with Gasteiger partial charge in [0.25, 0.3) is 6.43 Å². The number of rotatable bonds is 4. The molecular formula is C8H14F2N4O. The Morgan fingerprint density at radius 3 is 2.53 bits per heavy atom. The molecule has 0 aromatic carbocycles. The van der Waals surface area contributed by atoms with Crippen molar-refractivity contribution in [3.8, 4) is 0 Å². The molecule has 0 saturated heterocycles. The fourth-order valence-corrected chi connectivity index (χ4v) is 1.22. The summed E-state index contributed by atoms with van der Waals surface area (Å²) in [6.07, 6.45) is -2.69. The molecule has 0 amide bonds. The smallest absolute Gasteiger partial charge is 0.281 e. The average Bonchev–Trinajstić information content (AvgIpc) is 2.44. The maximum Gasteiger partial charge on any atom is 0.281 e. The van der Waals surface area contributed by atoms with E-state index in [1.54, 1.807) is 0 Å². The van der Waals surface area contributed by atoms with Crippen LogP contribution in [0.4, 0.5) is 8.78 Å². The van der Waals surface area contributed by atoms with E-state index in [0.29, 0.717) is 0 Å². The van der Waals surface area contributed by atoms with Crippen LogP contribution >= 0.6 is 0 Å². The van der Waals surface area contributed by atoms with E-state index in [9.17, 15) is 13.9 Å². The van der Waals surface area contributed by atoms with Gasteiger partial charge in [-0.1, -0.05) is 5.21 Å². The third kappa shape index (κ3) is 2.93. The molecule has 1 rings (SSSR count). The van der Waals surface area contributed by atoms with Crippen LogP contribution in [0, 0.1) is 0 Å². The first-order valence-electron chi connectivity index (χ1n) is 4.48. The Morgan fingerprint density at radius 1 is 1.53 bits per heavy atom. The van der Waals surface area contributed by atoms with Gasteiger partial charge in [-0.3, -0.25) is 0 Å². The number of halogens is 2. The molecule has 0 fully saturated rings. The summed E-state index contributed by atoms with van der Waals surface area (Å²) < 4.78 is 26.3. The lowest BCUT2D eigenvalue weighted by Gasteiger charge is -2.17. The summed E-state index contributed by atoms with van der Waals surface area (Å²) in [5, 5.41) is 16.6. The van der Waals surface area contributed by atoms with Crippen LogP contribution < -0.4 is 5.73 Å². The van der Waals surface area contributed by atoms with E-state index in [4.69, 9.17) is 5.73 Å². The fraction of sp³-hybridized carbons (Fsp3) is 0.750. The third-order valence-corrected chi connectivity index (χ3v) is 1.78. The highest BCUT2D eigenvalue weighted by atomic mass is 19.3. The van der Waals surface area contributed by atoms with Crippen LogP contribution in [-0.2, 0) is 13.1 Å². The monoisotopic (exact) mass is 220 g/mol. The summed E-state index contributed by atoms with van der Waals surface area (Å²) in [5.41, 5.74) is 3.88. The summed E-state index contributed by atoms with van der Waals surface area (Å²) in [6, 6.07) is 0. The zero-order valence-electron chi connectivity index (χ0n) is 8.61. The van der Waals surface area contributed by atoms with Crippen LogP contribution in [0.3, 0.4) is 0 Å². The molecule has 0 aliphatic carbocycles. The molecule has 0 radical (unpaired) electrons. The Kier molecular flexibility index (Phi) is 3.35. The standard InChI is InChI=1S/C8H14F2N4O/c1-8(2,15)4-14-6(7(9)10)5(3-11)12-13-14/h7,15H,3-4,11H2,1-2H3. The summed E-state index contributed by atoms with van der Waals surface area (Å²) in [4.78, 5) is 0. The van der Waals surface area contributed by atoms with Gasteiger partial charge in [-0.25, -0.2) is 13.5 Å². The van der Waals surface area contributed by atoms with E-state index < -0.39 is 12.0 Å². The summed E-state index contributed by atoms with van der Waals surface area (Å²) >= 11 is 0. The second-order valence-corrected chi connectivity index (χ2v) is 3.90. The topological polar surface area (TPSA) is 77.0 Å². The Balaban J connectivity index is 3.03. The minimum absolute atomic E-state index is 0.0420. The zero-order chi connectivity index (χ0) is 11.6. The predicted molar refractivity (Wildman–Crippen MR) is 49.2 cm³/mol. The summed E-state index contributed by atoms with van der Waals surface area (Å²) in [5.74, 6) is 0. The Labute approximate surface area is 85.9 Å². The van der Waals surface area contributed by atoms with Crippen LogP contribution in [0.15, 0.2) is 0 Å². The van der Waals surface area contributed by atoms with Gasteiger partial charge in [0.05, 0.1) is 12.1 Å². The molecule has 86 valence electrons. The van der Waals surface area contributed by atoms with Gasteiger partial charge in [0.15, 0.2) is 0 Å². The van der Waals surface area contributed by atoms with Crippen molar-refractivity contribution in [2.75, 3.05) is 0 Å². The number of alkyl halides is 2. The van der Waals surface area contributed by atoms with E-state index in [1.165, 1.54) is 13.8 Å². The molecule has 1 aromatic heterocycles. The molecule has 1 heterocycles. The highest BCUT2D eigenvalue weighted by molar-refractivity contribution is 5.11. The van der Waals surface area contributed by atoms with Crippen molar-refractivity contribution in [2.24, 2.45) is 5.73 Å². The average molecular weight is 220 g/mol. The Bertz CT molecular complexity index is 332. The fourth-order valence-electron chi connectivity index (χ4n) is 1.22. The first-order chi connectivity index (χ1) is 6.85. The lowest BCUT2D eigenvalue weighted by molar-refractivity contribution is 0.0507. The minimum Gasteiger partial charge on any atom is -0.389 e. The van der Waals surface area contributed by atoms with Crippen LogP contribution in [-0.4, -0.2) is 25.7 Å². The number of hydrogen-bond donors (Lipinski definition) is 2. The third-order valence-electron chi connectivity index (χ3n) is 1.78. The van der Waals surface area contributed by atoms with Gasteiger partial charge in [0, 0.05) is 6.54 Å². The van der Waals surface area contributed by atoms with Gasteiger partial charge in [0.1, 0.15) is 11.4 Å². The van der Waals surface area contributed by atoms with Gasteiger partial charge in [0.2, 0.25) is 0 Å². The first kappa shape index (κ1) is 12.0. The largest absolute Gasteiger partial charge is 0.389 e. The lowest BCUT2D eigenvalue weighted by atomic mass is 10.1. The van der Waals surface area contributed by atoms with Crippen molar-refractivity contribution in [2.45, 2.75) is 39.0 Å². The number of aromatic nitrogens is 3. The lowest BCUT2D eigenvalue weighted by Crippen LogP contribution is -2.28. The quantitative estimate of drug-likeness (QED) is 0.772. The maximum atomic E-state index is 12.6. The summed E-state index contributed by atoms with van der Waals surface area (Å²) in [7, 11) is 0. The predicted octanol–water partition coefficient (Wildman–Crippen LogP) is 0.445. The van der Waals surface area contributed by atoms with Crippen molar-refractivity contribution >= 4 is 0 Å². The van der Waals surface area contributed by atoms with Crippen molar-refractivity contribution in [1.29, 1.82) is 0 Å². The number of aliphatic hydroxyl groups is 1. The molecule has 3 N–H and O–H groups in total. The molecule has 15 heavy (non-hydrogen) atoms. The highest BCUT2D eigenvalue weighted by Crippen LogP contribution is 2.22. The van der Waals surface area contributed by atoms with Gasteiger partial charge in [-0.15, -0.1) is 5.10 Å². The molecule has 0 saturated carbocycles. The molecule has 0 aliphatic rings. The molecule has 0 aliphatic heterocycles. The zero-order valence-corrected chi connectivity index (χ0v) is 8.61. The molecule has 0 spiro atoms. The highest BCUT2D eigenvalue weighted by Gasteiger charge is 2.24. The van der Waals surface area contributed by atoms with Crippen molar-refractivity contribution < 1.29 is 13.9 Å². The molecule has 0 bridgehead atoms. The van der Waals surface area contributed by atoms with E-state index >= 15 is 0 Å². The van der Waals surface area contributed by atoms with Gasteiger partial charge >= 0.3 is 0 Å². The minimum atomic E-state index is -2.69. The van der Waals surface area contributed by atoms with Gasteiger partial charge < -0.3 is 10.8 Å². The number of nitrogens with two attached hydrogens (primary N) is 1. The van der Waals surface area contributed by atoms with E-state index in [2.05, 4.69) is 10.3 Å². The second-order valence-electron chi connectivity index (χ2n) is 3.90. The Hall–Kier alpha value is -1.08. The number of hydrogen-bond acceptors (Lipinski definition) is 4. The van der Waals surface area contributed by atoms with Crippen LogP contribution in [0.2, 0.25) is 0 Å². The Morgan fingerprint density at radius 2 is 2.13 bits per heavy atom. The maximum absolute atomic E-state index is 12.6. The molecule has 1 aromatic rings. The molecule has 5 nitrogen and oxygen atoms in total. The second kappa shape index (κ2) is 4.19. The van der Waals surface area contributed by atoms with Crippen molar-refractivity contribution in [1.82, 2.24) is 15.0 Å².